The van der Waals surface area contributed by atoms with Crippen molar-refractivity contribution in [1.82, 2.24) is 4.72 Å². The normalized spacial score (nSPS) is 23.8. The van der Waals surface area contributed by atoms with Crippen molar-refractivity contribution in [2.45, 2.75) is 43.7 Å². The van der Waals surface area contributed by atoms with E-state index >= 15 is 0 Å². The second kappa shape index (κ2) is 5.02. The number of hydrogen-bond acceptors (Lipinski definition) is 4. The maximum atomic E-state index is 11.7. The molecule has 106 valence electrons. The lowest BCUT2D eigenvalue weighted by Crippen LogP contribution is -2.33. The molecule has 0 radical (unpaired) electrons. The molecule has 2 rings (SSSR count). The summed E-state index contributed by atoms with van der Waals surface area (Å²) in [5, 5.41) is 0. The highest BCUT2D eigenvalue weighted by molar-refractivity contribution is 7.89. The molecule has 1 aromatic carbocycles. The average molecular weight is 283 g/mol. The van der Waals surface area contributed by atoms with Crippen LogP contribution in [0, 0.1) is 0 Å². The molecule has 0 amide bonds. The van der Waals surface area contributed by atoms with Crippen LogP contribution in [0.4, 0.5) is 11.4 Å². The Hall–Kier alpha value is -1.27. The largest absolute Gasteiger partial charge is 0.397 e. The molecule has 5 nitrogen and oxygen atoms in total. The number of nitrogens with one attached hydrogen (secondary N) is 1. The van der Waals surface area contributed by atoms with Gasteiger partial charge in [-0.15, -0.1) is 0 Å². The van der Waals surface area contributed by atoms with Crippen LogP contribution in [-0.2, 0) is 10.0 Å². The number of rotatable bonds is 3. The fraction of sp³-hybridized carbons (Fsp3) is 0.538. The summed E-state index contributed by atoms with van der Waals surface area (Å²) in [6.07, 6.45) is 2.27. The van der Waals surface area contributed by atoms with Crippen LogP contribution in [0.2, 0.25) is 0 Å². The van der Waals surface area contributed by atoms with E-state index in [9.17, 15) is 8.42 Å². The molecule has 1 saturated heterocycles. The molecule has 0 aromatic heterocycles. The molecule has 2 atom stereocenters. The highest BCUT2D eigenvalue weighted by Gasteiger charge is 2.29. The molecule has 0 saturated carbocycles. The van der Waals surface area contributed by atoms with E-state index in [-0.39, 0.29) is 4.90 Å². The summed E-state index contributed by atoms with van der Waals surface area (Å²) >= 11 is 0. The van der Waals surface area contributed by atoms with Gasteiger partial charge in [0.05, 0.1) is 16.3 Å². The van der Waals surface area contributed by atoms with Crippen LogP contribution in [0.1, 0.15) is 26.7 Å². The second-order valence-electron chi connectivity index (χ2n) is 5.11. The highest BCUT2D eigenvalue weighted by Crippen LogP contribution is 2.35. The molecule has 6 heteroatoms. The minimum Gasteiger partial charge on any atom is -0.397 e. The Kier molecular flexibility index (Phi) is 3.73. The molecular weight excluding hydrogens is 262 g/mol. The van der Waals surface area contributed by atoms with E-state index in [1.807, 2.05) is 0 Å². The van der Waals surface area contributed by atoms with Crippen molar-refractivity contribution >= 4 is 21.4 Å². The minimum atomic E-state index is -3.44. The fourth-order valence-corrected chi connectivity index (χ4v) is 3.49. The zero-order valence-corrected chi connectivity index (χ0v) is 12.4. The monoisotopic (exact) mass is 283 g/mol. The van der Waals surface area contributed by atoms with Crippen LogP contribution in [0.3, 0.4) is 0 Å². The van der Waals surface area contributed by atoms with Crippen molar-refractivity contribution < 1.29 is 8.42 Å². The Morgan fingerprint density at radius 2 is 1.84 bits per heavy atom. The zero-order chi connectivity index (χ0) is 14.2. The number of hydrogen-bond donors (Lipinski definition) is 2. The molecule has 1 fully saturated rings. The summed E-state index contributed by atoms with van der Waals surface area (Å²) in [5.41, 5.74) is 7.48. The number of nitrogens with zero attached hydrogens (tertiary/aromatic N) is 1. The Balaban J connectivity index is 2.40. The van der Waals surface area contributed by atoms with E-state index in [0.717, 1.165) is 18.5 Å². The van der Waals surface area contributed by atoms with Crippen molar-refractivity contribution in [3.05, 3.63) is 18.2 Å². The van der Waals surface area contributed by atoms with Gasteiger partial charge in [0.2, 0.25) is 10.0 Å². The number of anilines is 2. The Morgan fingerprint density at radius 1 is 1.26 bits per heavy atom. The minimum absolute atomic E-state index is 0.204. The first-order valence-corrected chi connectivity index (χ1v) is 7.96. The van der Waals surface area contributed by atoms with Crippen LogP contribution < -0.4 is 15.4 Å². The first kappa shape index (κ1) is 14.1. The molecule has 1 aromatic rings. The third-order valence-electron chi connectivity index (χ3n) is 3.81. The summed E-state index contributed by atoms with van der Waals surface area (Å²) in [6, 6.07) is 5.81. The first-order valence-electron chi connectivity index (χ1n) is 6.48. The van der Waals surface area contributed by atoms with E-state index in [0.29, 0.717) is 17.8 Å². The van der Waals surface area contributed by atoms with Gasteiger partial charge in [-0.25, -0.2) is 13.1 Å². The second-order valence-corrected chi connectivity index (χ2v) is 7.00. The summed E-state index contributed by atoms with van der Waals surface area (Å²) < 4.78 is 25.8. The lowest BCUT2D eigenvalue weighted by atomic mass is 10.2. The molecule has 0 bridgehead atoms. The maximum absolute atomic E-state index is 11.7. The predicted octanol–water partition coefficient (Wildman–Crippen LogP) is 1.55. The number of sulfonamides is 1. The van der Waals surface area contributed by atoms with Gasteiger partial charge in [0.15, 0.2) is 0 Å². The summed E-state index contributed by atoms with van der Waals surface area (Å²) in [7, 11) is -2.04. The quantitative estimate of drug-likeness (QED) is 0.825. The summed E-state index contributed by atoms with van der Waals surface area (Å²) in [6.45, 7) is 4.34. The van der Waals surface area contributed by atoms with Gasteiger partial charge in [-0.1, -0.05) is 0 Å². The van der Waals surface area contributed by atoms with E-state index in [4.69, 9.17) is 5.73 Å². The summed E-state index contributed by atoms with van der Waals surface area (Å²) in [5.74, 6) is 0. The van der Waals surface area contributed by atoms with Gasteiger partial charge in [-0.2, -0.15) is 0 Å². The predicted molar refractivity (Wildman–Crippen MR) is 77.7 cm³/mol. The topological polar surface area (TPSA) is 75.4 Å². The molecular formula is C13H21N3O2S. The van der Waals surface area contributed by atoms with Crippen LogP contribution in [0.15, 0.2) is 23.1 Å². The summed E-state index contributed by atoms with van der Waals surface area (Å²) in [4.78, 5) is 2.47. The van der Waals surface area contributed by atoms with Crippen molar-refractivity contribution in [1.29, 1.82) is 0 Å². The third-order valence-corrected chi connectivity index (χ3v) is 5.22. The standard InChI is InChI=1S/C13H21N3O2S/c1-9-4-5-10(2)16(9)13-7-6-11(8-12(13)14)19(17,18)15-3/h6-10,15H,4-5,14H2,1-3H3. The van der Waals surface area contributed by atoms with Crippen LogP contribution in [0.5, 0.6) is 0 Å². The molecule has 2 unspecified atom stereocenters. The molecule has 1 heterocycles. The molecule has 0 aliphatic carbocycles. The Bertz CT molecular complexity index is 561. The Morgan fingerprint density at radius 3 is 2.32 bits per heavy atom. The molecule has 19 heavy (non-hydrogen) atoms. The van der Waals surface area contributed by atoms with Crippen LogP contribution in [0.25, 0.3) is 0 Å². The zero-order valence-electron chi connectivity index (χ0n) is 11.6. The van der Waals surface area contributed by atoms with Gasteiger partial charge in [0.25, 0.3) is 0 Å². The highest BCUT2D eigenvalue weighted by atomic mass is 32.2. The van der Waals surface area contributed by atoms with E-state index in [2.05, 4.69) is 23.5 Å². The number of nitrogen functional groups attached to an aromatic ring is 1. The van der Waals surface area contributed by atoms with Crippen molar-refractivity contribution in [2.75, 3.05) is 17.7 Å². The van der Waals surface area contributed by atoms with Gasteiger partial charge >= 0.3 is 0 Å². The lowest BCUT2D eigenvalue weighted by molar-refractivity contribution is 0.588. The SMILES string of the molecule is CNS(=O)(=O)c1ccc(N2C(C)CCC2C)c(N)c1. The van der Waals surface area contributed by atoms with Gasteiger partial charge in [-0.05, 0) is 51.9 Å². The van der Waals surface area contributed by atoms with Crippen molar-refractivity contribution in [3.8, 4) is 0 Å². The third kappa shape index (κ3) is 2.55. The smallest absolute Gasteiger partial charge is 0.240 e. The fourth-order valence-electron chi connectivity index (χ4n) is 2.72. The van der Waals surface area contributed by atoms with E-state index in [1.54, 1.807) is 12.1 Å². The van der Waals surface area contributed by atoms with Gasteiger partial charge < -0.3 is 10.6 Å². The van der Waals surface area contributed by atoms with E-state index < -0.39 is 10.0 Å². The average Bonchev–Trinajstić information content (AvgIpc) is 2.69. The van der Waals surface area contributed by atoms with Crippen LogP contribution in [-0.4, -0.2) is 27.5 Å². The van der Waals surface area contributed by atoms with Crippen molar-refractivity contribution in [2.24, 2.45) is 0 Å². The molecule has 3 N–H and O–H groups in total. The van der Waals surface area contributed by atoms with Gasteiger partial charge in [0.1, 0.15) is 0 Å². The van der Waals surface area contributed by atoms with Crippen LogP contribution >= 0.6 is 0 Å². The number of nitrogens with two attached hydrogens (primary N) is 1. The molecule has 0 spiro atoms. The first-order chi connectivity index (χ1) is 8.86. The Labute approximate surface area is 114 Å². The maximum Gasteiger partial charge on any atom is 0.240 e. The lowest BCUT2D eigenvalue weighted by Gasteiger charge is -2.30. The molecule has 1 aliphatic heterocycles. The van der Waals surface area contributed by atoms with Gasteiger partial charge in [0, 0.05) is 12.1 Å². The van der Waals surface area contributed by atoms with Gasteiger partial charge in [-0.3, -0.25) is 0 Å². The number of benzene rings is 1. The van der Waals surface area contributed by atoms with Crippen molar-refractivity contribution in [3.63, 3.8) is 0 Å². The molecule has 1 aliphatic rings. The van der Waals surface area contributed by atoms with E-state index in [1.165, 1.54) is 13.1 Å².